The molecule has 1 saturated heterocycles. The van der Waals surface area contributed by atoms with Crippen molar-refractivity contribution in [3.8, 4) is 0 Å². The van der Waals surface area contributed by atoms with Crippen LogP contribution in [0.2, 0.25) is 0 Å². The van der Waals surface area contributed by atoms with Crippen LogP contribution in [0.5, 0.6) is 0 Å². The molecule has 1 amide bonds. The fraction of sp³-hybridized carbons (Fsp3) is 0.409. The van der Waals surface area contributed by atoms with Gasteiger partial charge in [0, 0.05) is 31.5 Å². The van der Waals surface area contributed by atoms with Crippen LogP contribution in [0, 0.1) is 0 Å². The number of hydrogen-bond donors (Lipinski definition) is 3. The van der Waals surface area contributed by atoms with Crippen LogP contribution in [0.25, 0.3) is 0 Å². The number of rotatable bonds is 7. The summed E-state index contributed by atoms with van der Waals surface area (Å²) in [7, 11) is 0. The molecule has 1 atom stereocenters. The second-order valence-corrected chi connectivity index (χ2v) is 7.14. The Morgan fingerprint density at radius 3 is 2.79 bits per heavy atom. The van der Waals surface area contributed by atoms with Gasteiger partial charge in [-0.15, -0.1) is 0 Å². The summed E-state index contributed by atoms with van der Waals surface area (Å²) in [5.74, 6) is 0.437. The Bertz CT molecular complexity index is 817. The van der Waals surface area contributed by atoms with Crippen LogP contribution in [0.15, 0.2) is 53.8 Å². The van der Waals surface area contributed by atoms with Crippen molar-refractivity contribution in [2.45, 2.75) is 32.7 Å². The first-order chi connectivity index (χ1) is 14.2. The molecule has 1 unspecified atom stereocenters. The SMILES string of the molecule is CCNC(=NCC(=O)Nc1cccnc1)NC(C)c1cccc(N2CCCC2)c1. The lowest BCUT2D eigenvalue weighted by Crippen LogP contribution is -2.39. The van der Waals surface area contributed by atoms with E-state index in [4.69, 9.17) is 0 Å². The molecule has 2 aromatic rings. The summed E-state index contributed by atoms with van der Waals surface area (Å²) >= 11 is 0. The van der Waals surface area contributed by atoms with Crippen molar-refractivity contribution in [2.24, 2.45) is 4.99 Å². The number of aromatic nitrogens is 1. The number of anilines is 2. The van der Waals surface area contributed by atoms with Crippen LogP contribution in [0.1, 0.15) is 38.3 Å². The Morgan fingerprint density at radius 2 is 2.07 bits per heavy atom. The average molecular weight is 395 g/mol. The first kappa shape index (κ1) is 20.6. The van der Waals surface area contributed by atoms with Gasteiger partial charge in [0.2, 0.25) is 5.91 Å². The van der Waals surface area contributed by atoms with E-state index in [1.807, 2.05) is 6.92 Å². The number of guanidine groups is 1. The summed E-state index contributed by atoms with van der Waals surface area (Å²) in [4.78, 5) is 23.0. The number of hydrogen-bond acceptors (Lipinski definition) is 4. The van der Waals surface area contributed by atoms with Gasteiger partial charge in [-0.05, 0) is 56.5 Å². The summed E-state index contributed by atoms with van der Waals surface area (Å²) in [6.07, 6.45) is 5.80. The number of nitrogens with one attached hydrogen (secondary N) is 3. The minimum atomic E-state index is -0.182. The summed E-state index contributed by atoms with van der Waals surface area (Å²) in [5.41, 5.74) is 3.13. The van der Waals surface area contributed by atoms with Crippen LogP contribution in [-0.4, -0.2) is 43.0 Å². The predicted molar refractivity (Wildman–Crippen MR) is 118 cm³/mol. The van der Waals surface area contributed by atoms with E-state index < -0.39 is 0 Å². The van der Waals surface area contributed by atoms with Gasteiger partial charge in [-0.3, -0.25) is 9.78 Å². The highest BCUT2D eigenvalue weighted by Crippen LogP contribution is 2.23. The molecule has 2 heterocycles. The van der Waals surface area contributed by atoms with E-state index in [1.54, 1.807) is 24.5 Å². The first-order valence-corrected chi connectivity index (χ1v) is 10.3. The molecule has 1 aromatic heterocycles. The Kier molecular flexibility index (Phi) is 7.44. The van der Waals surface area contributed by atoms with Crippen molar-refractivity contribution in [1.29, 1.82) is 0 Å². The summed E-state index contributed by atoms with van der Waals surface area (Å²) in [6, 6.07) is 12.3. The lowest BCUT2D eigenvalue weighted by molar-refractivity contribution is -0.114. The van der Waals surface area contributed by atoms with E-state index in [0.29, 0.717) is 11.6 Å². The van der Waals surface area contributed by atoms with E-state index in [0.717, 1.165) is 19.6 Å². The summed E-state index contributed by atoms with van der Waals surface area (Å²) in [5, 5.41) is 9.40. The Hall–Kier alpha value is -3.09. The molecule has 0 aliphatic carbocycles. The Morgan fingerprint density at radius 1 is 1.24 bits per heavy atom. The maximum absolute atomic E-state index is 12.2. The van der Waals surface area contributed by atoms with E-state index >= 15 is 0 Å². The molecule has 1 aromatic carbocycles. The minimum absolute atomic E-state index is 0.0325. The van der Waals surface area contributed by atoms with Gasteiger partial charge in [0.1, 0.15) is 6.54 Å². The topological polar surface area (TPSA) is 81.6 Å². The van der Waals surface area contributed by atoms with Crippen molar-refractivity contribution >= 4 is 23.2 Å². The van der Waals surface area contributed by atoms with Crippen LogP contribution >= 0.6 is 0 Å². The fourth-order valence-corrected chi connectivity index (χ4v) is 3.36. The van der Waals surface area contributed by atoms with Crippen LogP contribution in [0.4, 0.5) is 11.4 Å². The highest BCUT2D eigenvalue weighted by atomic mass is 16.1. The number of aliphatic imine (C=N–C) groups is 1. The number of carbonyl (C=O) groups is 1. The molecule has 154 valence electrons. The molecule has 29 heavy (non-hydrogen) atoms. The van der Waals surface area contributed by atoms with Crippen LogP contribution in [-0.2, 0) is 4.79 Å². The van der Waals surface area contributed by atoms with E-state index in [2.05, 4.69) is 62.0 Å². The third-order valence-electron chi connectivity index (χ3n) is 4.86. The van der Waals surface area contributed by atoms with Gasteiger partial charge < -0.3 is 20.9 Å². The summed E-state index contributed by atoms with van der Waals surface area (Å²) in [6.45, 7) is 7.11. The number of pyridine rings is 1. The quantitative estimate of drug-likeness (QED) is 0.497. The third-order valence-corrected chi connectivity index (χ3v) is 4.86. The van der Waals surface area contributed by atoms with Gasteiger partial charge in [-0.2, -0.15) is 0 Å². The zero-order valence-corrected chi connectivity index (χ0v) is 17.2. The lowest BCUT2D eigenvalue weighted by Gasteiger charge is -2.22. The van der Waals surface area contributed by atoms with Gasteiger partial charge in [0.25, 0.3) is 0 Å². The lowest BCUT2D eigenvalue weighted by atomic mass is 10.1. The maximum Gasteiger partial charge on any atom is 0.246 e. The minimum Gasteiger partial charge on any atom is -0.372 e. The molecule has 0 radical (unpaired) electrons. The van der Waals surface area contributed by atoms with E-state index in [1.165, 1.54) is 24.1 Å². The fourth-order valence-electron chi connectivity index (χ4n) is 3.36. The number of amides is 1. The van der Waals surface area contributed by atoms with Gasteiger partial charge >= 0.3 is 0 Å². The molecule has 7 heteroatoms. The monoisotopic (exact) mass is 394 g/mol. The van der Waals surface area contributed by atoms with Crippen molar-refractivity contribution in [3.63, 3.8) is 0 Å². The molecular weight excluding hydrogens is 364 g/mol. The Balaban J connectivity index is 1.60. The van der Waals surface area contributed by atoms with E-state index in [9.17, 15) is 4.79 Å². The van der Waals surface area contributed by atoms with Gasteiger partial charge in [0.05, 0.1) is 17.9 Å². The zero-order valence-electron chi connectivity index (χ0n) is 17.2. The third kappa shape index (κ3) is 6.20. The zero-order chi connectivity index (χ0) is 20.5. The van der Waals surface area contributed by atoms with Crippen molar-refractivity contribution in [1.82, 2.24) is 15.6 Å². The predicted octanol–water partition coefficient (Wildman–Crippen LogP) is 2.94. The molecule has 1 fully saturated rings. The van der Waals surface area contributed by atoms with Gasteiger partial charge in [0.15, 0.2) is 5.96 Å². The smallest absolute Gasteiger partial charge is 0.246 e. The maximum atomic E-state index is 12.2. The molecule has 0 saturated carbocycles. The summed E-state index contributed by atoms with van der Waals surface area (Å²) < 4.78 is 0. The van der Waals surface area contributed by atoms with Crippen LogP contribution in [0.3, 0.4) is 0 Å². The molecule has 3 N–H and O–H groups in total. The molecule has 3 rings (SSSR count). The van der Waals surface area contributed by atoms with Gasteiger partial charge in [-0.1, -0.05) is 12.1 Å². The highest BCUT2D eigenvalue weighted by molar-refractivity contribution is 5.94. The number of carbonyl (C=O) groups excluding carboxylic acids is 1. The number of nitrogens with zero attached hydrogens (tertiary/aromatic N) is 3. The largest absolute Gasteiger partial charge is 0.372 e. The normalized spacial score (nSPS) is 15.1. The molecular formula is C22H30N6O. The number of benzene rings is 1. The molecule has 1 aliphatic heterocycles. The second kappa shape index (κ2) is 10.5. The molecule has 1 aliphatic rings. The Labute approximate surface area is 172 Å². The van der Waals surface area contributed by atoms with Crippen molar-refractivity contribution in [2.75, 3.05) is 36.4 Å². The highest BCUT2D eigenvalue weighted by Gasteiger charge is 2.14. The van der Waals surface area contributed by atoms with Crippen molar-refractivity contribution in [3.05, 3.63) is 54.4 Å². The average Bonchev–Trinajstić information content (AvgIpc) is 3.28. The standard InChI is InChI=1S/C22H30N6O/c1-3-24-22(25-16-21(29)27-19-9-7-11-23-15-19)26-17(2)18-8-6-10-20(14-18)28-12-4-5-13-28/h6-11,14-15,17H,3-5,12-13,16H2,1-2H3,(H,27,29)(H2,24,25,26). The molecule has 0 spiro atoms. The van der Waals surface area contributed by atoms with Gasteiger partial charge in [-0.25, -0.2) is 4.99 Å². The van der Waals surface area contributed by atoms with E-state index in [-0.39, 0.29) is 18.5 Å². The van der Waals surface area contributed by atoms with Crippen molar-refractivity contribution < 1.29 is 4.79 Å². The second-order valence-electron chi connectivity index (χ2n) is 7.14. The first-order valence-electron chi connectivity index (χ1n) is 10.3. The van der Waals surface area contributed by atoms with Crippen LogP contribution < -0.4 is 20.9 Å². The molecule has 7 nitrogen and oxygen atoms in total. The molecule has 0 bridgehead atoms.